The van der Waals surface area contributed by atoms with E-state index in [-0.39, 0.29) is 35.7 Å². The van der Waals surface area contributed by atoms with E-state index >= 15 is 0 Å². The second-order valence-corrected chi connectivity index (χ2v) is 11.7. The second kappa shape index (κ2) is 13.1. The number of ketones is 1. The van der Waals surface area contributed by atoms with Crippen molar-refractivity contribution in [2.75, 3.05) is 13.6 Å². The highest BCUT2D eigenvalue weighted by Crippen LogP contribution is 2.32. The third kappa shape index (κ3) is 6.51. The molecule has 5 rings (SSSR count). The quantitative estimate of drug-likeness (QED) is 0.341. The van der Waals surface area contributed by atoms with Crippen molar-refractivity contribution in [2.24, 2.45) is 5.92 Å². The SMILES string of the molecule is CN[C@@H](C)C(=O)N[C@H](C(=O)N1CC(Oc2ccccc2)C[C@H]1Cn1cc(C(C)=O)c2cc(F)ccc21)C1CCCCC1. The number of hydrogen-bond acceptors (Lipinski definition) is 5. The summed E-state index contributed by atoms with van der Waals surface area (Å²) in [6.45, 7) is 4.05. The van der Waals surface area contributed by atoms with Gasteiger partial charge in [0, 0.05) is 35.6 Å². The number of carbonyl (C=O) groups excluding carboxylic acids is 3. The molecule has 224 valence electrons. The number of ether oxygens (including phenoxy) is 1. The average Bonchev–Trinajstić information content (AvgIpc) is 3.56. The molecule has 0 spiro atoms. The van der Waals surface area contributed by atoms with Crippen LogP contribution in [0.25, 0.3) is 10.9 Å². The molecule has 1 aromatic heterocycles. The molecule has 1 unspecified atom stereocenters. The van der Waals surface area contributed by atoms with Gasteiger partial charge in [0.05, 0.1) is 18.6 Å². The summed E-state index contributed by atoms with van der Waals surface area (Å²) in [6, 6.07) is 12.7. The van der Waals surface area contributed by atoms with Gasteiger partial charge in [-0.15, -0.1) is 0 Å². The number of fused-ring (bicyclic) bond motifs is 1. The van der Waals surface area contributed by atoms with Gasteiger partial charge in [-0.2, -0.15) is 0 Å². The third-order valence-electron chi connectivity index (χ3n) is 8.85. The molecule has 2 fully saturated rings. The molecule has 1 aliphatic carbocycles. The van der Waals surface area contributed by atoms with Crippen LogP contribution < -0.4 is 15.4 Å². The molecule has 2 aromatic carbocycles. The van der Waals surface area contributed by atoms with Crippen LogP contribution in [0.2, 0.25) is 0 Å². The summed E-state index contributed by atoms with van der Waals surface area (Å²) in [5.41, 5.74) is 1.19. The van der Waals surface area contributed by atoms with E-state index in [4.69, 9.17) is 4.74 Å². The van der Waals surface area contributed by atoms with E-state index in [0.717, 1.165) is 43.4 Å². The van der Waals surface area contributed by atoms with Crippen LogP contribution in [-0.4, -0.2) is 64.9 Å². The van der Waals surface area contributed by atoms with Crippen molar-refractivity contribution >= 4 is 28.5 Å². The highest BCUT2D eigenvalue weighted by molar-refractivity contribution is 6.07. The fraction of sp³-hybridized carbons (Fsp3) is 0.485. The zero-order valence-corrected chi connectivity index (χ0v) is 24.6. The topological polar surface area (TPSA) is 92.7 Å². The number of Topliss-reactive ketones (excluding diaryl/α,β-unsaturated/α-hetero) is 1. The zero-order chi connectivity index (χ0) is 29.8. The largest absolute Gasteiger partial charge is 0.489 e. The van der Waals surface area contributed by atoms with Crippen LogP contribution in [0.5, 0.6) is 5.75 Å². The molecule has 0 radical (unpaired) electrons. The Morgan fingerprint density at radius 2 is 1.81 bits per heavy atom. The smallest absolute Gasteiger partial charge is 0.245 e. The van der Waals surface area contributed by atoms with Crippen molar-refractivity contribution in [1.82, 2.24) is 20.1 Å². The van der Waals surface area contributed by atoms with Gasteiger partial charge in [-0.3, -0.25) is 14.4 Å². The van der Waals surface area contributed by atoms with Gasteiger partial charge in [0.15, 0.2) is 5.78 Å². The number of halogens is 1. The van der Waals surface area contributed by atoms with E-state index in [1.54, 1.807) is 26.2 Å². The maximum absolute atomic E-state index is 14.4. The first kappa shape index (κ1) is 29.8. The summed E-state index contributed by atoms with van der Waals surface area (Å²) < 4.78 is 22.4. The van der Waals surface area contributed by atoms with E-state index in [1.165, 1.54) is 19.1 Å². The van der Waals surface area contributed by atoms with Crippen LogP contribution in [-0.2, 0) is 16.1 Å². The van der Waals surface area contributed by atoms with E-state index in [0.29, 0.717) is 30.5 Å². The number of amides is 2. The molecule has 1 saturated heterocycles. The van der Waals surface area contributed by atoms with Gasteiger partial charge < -0.3 is 24.8 Å². The Balaban J connectivity index is 1.47. The molecule has 2 aliphatic rings. The molecule has 42 heavy (non-hydrogen) atoms. The zero-order valence-electron chi connectivity index (χ0n) is 24.6. The van der Waals surface area contributed by atoms with Crippen molar-refractivity contribution in [3.63, 3.8) is 0 Å². The molecule has 4 atom stereocenters. The molecule has 8 nitrogen and oxygen atoms in total. The van der Waals surface area contributed by atoms with Gasteiger partial charge in [0.2, 0.25) is 11.8 Å². The fourth-order valence-corrected chi connectivity index (χ4v) is 6.46. The lowest BCUT2D eigenvalue weighted by atomic mass is 9.83. The molecule has 2 heterocycles. The Hall–Kier alpha value is -3.72. The van der Waals surface area contributed by atoms with Crippen molar-refractivity contribution in [3.05, 3.63) is 66.1 Å². The molecule has 2 N–H and O–H groups in total. The highest BCUT2D eigenvalue weighted by atomic mass is 19.1. The lowest BCUT2D eigenvalue weighted by Gasteiger charge is -2.35. The van der Waals surface area contributed by atoms with Crippen molar-refractivity contribution in [1.29, 1.82) is 0 Å². The number of para-hydroxylation sites is 1. The van der Waals surface area contributed by atoms with Gasteiger partial charge in [0.1, 0.15) is 23.7 Å². The van der Waals surface area contributed by atoms with Crippen LogP contribution in [0.4, 0.5) is 4.39 Å². The first-order valence-electron chi connectivity index (χ1n) is 15.0. The Kier molecular flexibility index (Phi) is 9.26. The molecular formula is C33H41FN4O4. The van der Waals surface area contributed by atoms with Gasteiger partial charge in [0.25, 0.3) is 0 Å². The van der Waals surface area contributed by atoms with E-state index < -0.39 is 17.9 Å². The number of likely N-dealkylation sites (N-methyl/N-ethyl adjacent to an activating group) is 1. The van der Waals surface area contributed by atoms with Crippen molar-refractivity contribution < 1.29 is 23.5 Å². The third-order valence-corrected chi connectivity index (χ3v) is 8.85. The van der Waals surface area contributed by atoms with Crippen LogP contribution in [0.1, 0.15) is 62.7 Å². The Morgan fingerprint density at radius 3 is 2.50 bits per heavy atom. The van der Waals surface area contributed by atoms with Gasteiger partial charge in [-0.05, 0) is 70.0 Å². The summed E-state index contributed by atoms with van der Waals surface area (Å²) in [7, 11) is 1.73. The summed E-state index contributed by atoms with van der Waals surface area (Å²) in [6.07, 6.45) is 7.09. The lowest BCUT2D eigenvalue weighted by molar-refractivity contribution is -0.139. The van der Waals surface area contributed by atoms with Crippen LogP contribution in [0.15, 0.2) is 54.7 Å². The first-order chi connectivity index (χ1) is 20.2. The molecule has 9 heteroatoms. The number of aromatic nitrogens is 1. The number of nitrogens with zero attached hydrogens (tertiary/aromatic N) is 2. The summed E-state index contributed by atoms with van der Waals surface area (Å²) in [5.74, 6) is -0.0490. The minimum Gasteiger partial charge on any atom is -0.489 e. The van der Waals surface area contributed by atoms with Crippen molar-refractivity contribution in [3.8, 4) is 5.75 Å². The van der Waals surface area contributed by atoms with Gasteiger partial charge in [-0.25, -0.2) is 4.39 Å². The Morgan fingerprint density at radius 1 is 1.07 bits per heavy atom. The number of benzene rings is 2. The maximum Gasteiger partial charge on any atom is 0.245 e. The number of hydrogen-bond donors (Lipinski definition) is 2. The molecule has 1 saturated carbocycles. The van der Waals surface area contributed by atoms with Gasteiger partial charge in [-0.1, -0.05) is 37.5 Å². The fourth-order valence-electron chi connectivity index (χ4n) is 6.46. The molecule has 0 bridgehead atoms. The van der Waals surface area contributed by atoms with E-state index in [2.05, 4.69) is 10.6 Å². The van der Waals surface area contributed by atoms with Crippen LogP contribution in [0.3, 0.4) is 0 Å². The van der Waals surface area contributed by atoms with Crippen LogP contribution in [0, 0.1) is 11.7 Å². The molecule has 3 aromatic rings. The number of likely N-dealkylation sites (tertiary alicyclic amines) is 1. The molecular weight excluding hydrogens is 535 g/mol. The monoisotopic (exact) mass is 576 g/mol. The van der Waals surface area contributed by atoms with Crippen molar-refractivity contribution in [2.45, 2.75) is 83.1 Å². The Bertz CT molecular complexity index is 1420. The normalized spacial score (nSPS) is 20.8. The number of rotatable bonds is 10. The standard InChI is InChI=1S/C33H41FN4O4/c1-21(35-3)32(40)36-31(23-10-6-4-7-11-23)33(41)38-19-27(42-26-12-8-5-9-13-26)17-25(38)18-37-20-29(22(2)39)28-16-24(34)14-15-30(28)37/h5,8-9,12-16,20-21,23,25,27,31,35H,4,6-7,10-11,17-19H2,1-3H3,(H,36,40)/t21-,25-,27?,31-/m0/s1. The summed E-state index contributed by atoms with van der Waals surface area (Å²) >= 11 is 0. The van der Waals surface area contributed by atoms with Crippen LogP contribution >= 0.6 is 0 Å². The predicted octanol–water partition coefficient (Wildman–Crippen LogP) is 4.70. The average molecular weight is 577 g/mol. The van der Waals surface area contributed by atoms with Gasteiger partial charge >= 0.3 is 0 Å². The minimum absolute atomic E-state index is 0.0636. The minimum atomic E-state index is -0.630. The molecule has 1 aliphatic heterocycles. The summed E-state index contributed by atoms with van der Waals surface area (Å²) in [5, 5.41) is 6.63. The highest BCUT2D eigenvalue weighted by Gasteiger charge is 2.42. The molecule has 2 amide bonds. The van der Waals surface area contributed by atoms with E-state index in [1.807, 2.05) is 39.8 Å². The summed E-state index contributed by atoms with van der Waals surface area (Å²) in [4.78, 5) is 41.8. The lowest BCUT2D eigenvalue weighted by Crippen LogP contribution is -2.57. The number of nitrogens with one attached hydrogen (secondary N) is 2. The van der Waals surface area contributed by atoms with E-state index in [9.17, 15) is 18.8 Å². The number of carbonyl (C=O) groups is 3. The second-order valence-electron chi connectivity index (χ2n) is 11.7. The predicted molar refractivity (Wildman–Crippen MR) is 160 cm³/mol. The maximum atomic E-state index is 14.4. The first-order valence-corrected chi connectivity index (χ1v) is 15.0. The Labute approximate surface area is 246 Å².